The molecule has 2 aromatic heterocycles. The van der Waals surface area contributed by atoms with Crippen LogP contribution < -0.4 is 10.6 Å². The van der Waals surface area contributed by atoms with Gasteiger partial charge in [0.25, 0.3) is 5.91 Å². The van der Waals surface area contributed by atoms with Crippen LogP contribution in [0.25, 0.3) is 0 Å². The van der Waals surface area contributed by atoms with Gasteiger partial charge in [-0.1, -0.05) is 19.0 Å². The van der Waals surface area contributed by atoms with Gasteiger partial charge in [-0.15, -0.1) is 0 Å². The zero-order valence-electron chi connectivity index (χ0n) is 17.1. The van der Waals surface area contributed by atoms with Gasteiger partial charge in [0.05, 0.1) is 29.3 Å². The summed E-state index contributed by atoms with van der Waals surface area (Å²) in [5.41, 5.74) is 2.67. The van der Waals surface area contributed by atoms with E-state index in [0.717, 1.165) is 11.4 Å². The Balaban J connectivity index is 1.49. The average molecular weight is 400 g/mol. The number of likely N-dealkylation sites (tertiary alicyclic amines) is 1. The van der Waals surface area contributed by atoms with E-state index in [-0.39, 0.29) is 17.9 Å². The second-order valence-electron chi connectivity index (χ2n) is 8.46. The van der Waals surface area contributed by atoms with E-state index in [1.54, 1.807) is 13.3 Å². The van der Waals surface area contributed by atoms with E-state index in [2.05, 4.69) is 39.6 Å². The van der Waals surface area contributed by atoms with Gasteiger partial charge < -0.3 is 19.7 Å². The minimum atomic E-state index is -0.409. The van der Waals surface area contributed by atoms with E-state index in [1.807, 2.05) is 4.90 Å². The smallest absolute Gasteiger partial charge is 0.259 e. The number of nitrogens with one attached hydrogen (secondary N) is 3. The van der Waals surface area contributed by atoms with Crippen molar-refractivity contribution in [3.63, 3.8) is 0 Å². The van der Waals surface area contributed by atoms with Gasteiger partial charge in [-0.05, 0) is 25.7 Å². The third kappa shape index (κ3) is 3.66. The Morgan fingerprint density at radius 2 is 2.14 bits per heavy atom. The lowest BCUT2D eigenvalue weighted by Crippen LogP contribution is -2.62. The molecule has 0 bridgehead atoms. The van der Waals surface area contributed by atoms with Crippen molar-refractivity contribution < 1.29 is 14.1 Å². The molecule has 1 fully saturated rings. The lowest BCUT2D eigenvalue weighted by Gasteiger charge is -2.46. The molecule has 0 unspecified atom stereocenters. The van der Waals surface area contributed by atoms with Gasteiger partial charge in [0.2, 0.25) is 5.91 Å². The predicted octanol–water partition coefficient (Wildman–Crippen LogP) is 1.12. The molecule has 2 aliphatic heterocycles. The molecule has 2 aliphatic rings. The summed E-state index contributed by atoms with van der Waals surface area (Å²) >= 11 is 0. The van der Waals surface area contributed by atoms with Crippen LogP contribution in [-0.4, -0.2) is 57.5 Å². The highest BCUT2D eigenvalue weighted by Crippen LogP contribution is 2.37. The quantitative estimate of drug-likeness (QED) is 0.708. The molecule has 4 heterocycles. The predicted molar refractivity (Wildman–Crippen MR) is 105 cm³/mol. The number of aromatic nitrogens is 3. The first-order valence-electron chi connectivity index (χ1n) is 10.2. The summed E-state index contributed by atoms with van der Waals surface area (Å²) in [6, 6.07) is -0.315. The summed E-state index contributed by atoms with van der Waals surface area (Å²) in [4.78, 5) is 35.1. The molecular weight excluding hydrogens is 372 g/mol. The van der Waals surface area contributed by atoms with Crippen LogP contribution in [0.15, 0.2) is 17.1 Å². The van der Waals surface area contributed by atoms with Crippen LogP contribution in [0.5, 0.6) is 0 Å². The summed E-state index contributed by atoms with van der Waals surface area (Å²) in [7, 11) is 0. The van der Waals surface area contributed by atoms with E-state index >= 15 is 0 Å². The SMILES string of the molecule is Cc1nocc1C(=O)N1CCC2(CC1)N[C@H](C(=O)NCC(C)C)Cc1[nH]cnc12. The van der Waals surface area contributed by atoms with Gasteiger partial charge in [-0.3, -0.25) is 14.9 Å². The number of H-pyrrole nitrogens is 1. The molecule has 1 saturated heterocycles. The first-order chi connectivity index (χ1) is 13.9. The number of carbonyl (C=O) groups is 2. The fourth-order valence-electron chi connectivity index (χ4n) is 4.27. The monoisotopic (exact) mass is 400 g/mol. The van der Waals surface area contributed by atoms with Crippen molar-refractivity contribution in [2.75, 3.05) is 19.6 Å². The topological polar surface area (TPSA) is 116 Å². The van der Waals surface area contributed by atoms with Crippen molar-refractivity contribution in [3.05, 3.63) is 35.2 Å². The summed E-state index contributed by atoms with van der Waals surface area (Å²) in [6.07, 6.45) is 5.07. The molecule has 9 nitrogen and oxygen atoms in total. The lowest BCUT2D eigenvalue weighted by molar-refractivity contribution is -0.124. The van der Waals surface area contributed by atoms with Crippen molar-refractivity contribution in [3.8, 4) is 0 Å². The number of aromatic amines is 1. The number of imidazole rings is 1. The van der Waals surface area contributed by atoms with Crippen molar-refractivity contribution in [2.24, 2.45) is 5.92 Å². The van der Waals surface area contributed by atoms with Crippen LogP contribution >= 0.6 is 0 Å². The summed E-state index contributed by atoms with van der Waals surface area (Å²) < 4.78 is 4.91. The molecule has 3 N–H and O–H groups in total. The van der Waals surface area contributed by atoms with Crippen LogP contribution in [-0.2, 0) is 16.8 Å². The molecule has 29 heavy (non-hydrogen) atoms. The molecule has 0 saturated carbocycles. The van der Waals surface area contributed by atoms with Crippen LogP contribution in [0.4, 0.5) is 0 Å². The molecule has 0 aromatic carbocycles. The summed E-state index contributed by atoms with van der Waals surface area (Å²) in [6.45, 7) is 7.72. The average Bonchev–Trinajstić information content (AvgIpc) is 3.35. The summed E-state index contributed by atoms with van der Waals surface area (Å²) in [5.74, 6) is 0.342. The number of fused-ring (bicyclic) bond motifs is 2. The maximum Gasteiger partial charge on any atom is 0.259 e. The van der Waals surface area contributed by atoms with Gasteiger partial charge in [0.1, 0.15) is 11.8 Å². The second-order valence-corrected chi connectivity index (χ2v) is 8.46. The molecule has 2 aromatic rings. The van der Waals surface area contributed by atoms with Gasteiger partial charge in [-0.2, -0.15) is 0 Å². The van der Waals surface area contributed by atoms with E-state index in [1.165, 1.54) is 6.26 Å². The summed E-state index contributed by atoms with van der Waals surface area (Å²) in [5, 5.41) is 10.4. The van der Waals surface area contributed by atoms with Gasteiger partial charge in [-0.25, -0.2) is 4.98 Å². The Morgan fingerprint density at radius 3 is 2.79 bits per heavy atom. The molecule has 4 rings (SSSR count). The number of hydrogen-bond donors (Lipinski definition) is 3. The molecule has 2 amide bonds. The van der Waals surface area contributed by atoms with Crippen LogP contribution in [0.2, 0.25) is 0 Å². The molecule has 0 radical (unpaired) electrons. The Hall–Kier alpha value is -2.68. The molecule has 1 atom stereocenters. The Labute approximate surface area is 169 Å². The molecule has 9 heteroatoms. The second kappa shape index (κ2) is 7.62. The minimum Gasteiger partial charge on any atom is -0.364 e. The molecule has 0 aliphatic carbocycles. The number of piperidine rings is 1. The third-order valence-corrected chi connectivity index (χ3v) is 5.92. The minimum absolute atomic E-state index is 0.0110. The zero-order chi connectivity index (χ0) is 20.6. The van der Waals surface area contributed by atoms with Gasteiger partial charge >= 0.3 is 0 Å². The maximum absolute atomic E-state index is 12.8. The van der Waals surface area contributed by atoms with Crippen molar-refractivity contribution >= 4 is 11.8 Å². The molecule has 156 valence electrons. The molecule has 1 spiro atoms. The number of amides is 2. The lowest BCUT2D eigenvalue weighted by atomic mass is 9.78. The van der Waals surface area contributed by atoms with Crippen LogP contribution in [0, 0.1) is 12.8 Å². The highest BCUT2D eigenvalue weighted by Gasteiger charge is 2.46. The van der Waals surface area contributed by atoms with E-state index in [4.69, 9.17) is 4.52 Å². The zero-order valence-corrected chi connectivity index (χ0v) is 17.1. The van der Waals surface area contributed by atoms with Crippen molar-refractivity contribution in [1.82, 2.24) is 30.7 Å². The van der Waals surface area contributed by atoms with Crippen LogP contribution in [0.3, 0.4) is 0 Å². The van der Waals surface area contributed by atoms with E-state index in [9.17, 15) is 9.59 Å². The van der Waals surface area contributed by atoms with E-state index < -0.39 is 5.54 Å². The number of carbonyl (C=O) groups excluding carboxylic acids is 2. The highest BCUT2D eigenvalue weighted by molar-refractivity contribution is 5.94. The number of aryl methyl sites for hydroxylation is 1. The normalized spacial score (nSPS) is 20.7. The van der Waals surface area contributed by atoms with Gasteiger partial charge in [0.15, 0.2) is 0 Å². The standard InChI is InChI=1S/C20H28N6O3/c1-12(2)9-21-18(27)16-8-15-17(23-11-22-15)20(24-16)4-6-26(7-5-20)19(28)14-10-29-25-13(14)3/h10-12,16,24H,4-9H2,1-3H3,(H,21,27)(H,22,23)/t16-/m0/s1. The first kappa shape index (κ1) is 19.6. The Morgan fingerprint density at radius 1 is 1.38 bits per heavy atom. The Bertz CT molecular complexity index is 894. The largest absolute Gasteiger partial charge is 0.364 e. The maximum atomic E-state index is 12.8. The van der Waals surface area contributed by atoms with Crippen LogP contribution in [0.1, 0.15) is 54.1 Å². The Kier molecular flexibility index (Phi) is 5.16. The van der Waals surface area contributed by atoms with Crippen molar-refractivity contribution in [1.29, 1.82) is 0 Å². The van der Waals surface area contributed by atoms with Gasteiger partial charge in [0, 0.05) is 31.7 Å². The highest BCUT2D eigenvalue weighted by atomic mass is 16.5. The van der Waals surface area contributed by atoms with Crippen molar-refractivity contribution in [2.45, 2.75) is 51.6 Å². The number of rotatable bonds is 4. The third-order valence-electron chi connectivity index (χ3n) is 5.92. The fraction of sp³-hybridized carbons (Fsp3) is 0.600. The fourth-order valence-corrected chi connectivity index (χ4v) is 4.27. The van der Waals surface area contributed by atoms with E-state index in [0.29, 0.717) is 56.1 Å². The number of nitrogens with zero attached hydrogens (tertiary/aromatic N) is 3. The molecular formula is C20H28N6O3. The first-order valence-corrected chi connectivity index (χ1v) is 10.2. The number of hydrogen-bond acceptors (Lipinski definition) is 6.